The minimum Gasteiger partial charge on any atom is -0.379 e. The number of piperidine rings is 1. The molecule has 1 saturated heterocycles. The second-order valence-electron chi connectivity index (χ2n) is 5.04. The average molecular weight is 356 g/mol. The normalized spacial score (nSPS) is 16.2. The Hall–Kier alpha value is -0.910. The number of ether oxygens (including phenoxy) is 2. The number of benzene rings is 1. The Kier molecular flexibility index (Phi) is 6.67. The van der Waals surface area contributed by atoms with Crippen LogP contribution in [0.2, 0.25) is 0 Å². The summed E-state index contributed by atoms with van der Waals surface area (Å²) in [4.78, 5) is 14.4. The fourth-order valence-corrected chi connectivity index (χ4v) is 2.90. The summed E-state index contributed by atoms with van der Waals surface area (Å²) >= 11 is 3.44. The quantitative estimate of drug-likeness (QED) is 0.736. The summed E-state index contributed by atoms with van der Waals surface area (Å²) in [6.07, 6.45) is 2.03. The van der Waals surface area contributed by atoms with Gasteiger partial charge >= 0.3 is 0 Å². The molecule has 1 fully saturated rings. The zero-order valence-electron chi connectivity index (χ0n) is 12.4. The van der Waals surface area contributed by atoms with Crippen LogP contribution in [0, 0.1) is 0 Å². The Morgan fingerprint density at radius 3 is 2.67 bits per heavy atom. The highest BCUT2D eigenvalue weighted by molar-refractivity contribution is 9.10. The second kappa shape index (κ2) is 8.51. The summed E-state index contributed by atoms with van der Waals surface area (Å²) in [5.74, 6) is 0.0928. The van der Waals surface area contributed by atoms with E-state index in [1.165, 1.54) is 0 Å². The lowest BCUT2D eigenvalue weighted by Gasteiger charge is -2.32. The van der Waals surface area contributed by atoms with Gasteiger partial charge in [0.25, 0.3) is 5.91 Å². The summed E-state index contributed by atoms with van der Waals surface area (Å²) in [7, 11) is 0. The van der Waals surface area contributed by atoms with Gasteiger partial charge in [-0.15, -0.1) is 0 Å². The maximum Gasteiger partial charge on any atom is 0.255 e. The highest BCUT2D eigenvalue weighted by atomic mass is 79.9. The van der Waals surface area contributed by atoms with E-state index in [-0.39, 0.29) is 12.0 Å². The van der Waals surface area contributed by atoms with E-state index in [2.05, 4.69) is 15.9 Å². The Balaban J connectivity index is 1.78. The molecule has 0 aliphatic carbocycles. The molecule has 21 heavy (non-hydrogen) atoms. The van der Waals surface area contributed by atoms with Crippen LogP contribution in [0.5, 0.6) is 0 Å². The first-order valence-corrected chi connectivity index (χ1v) is 8.24. The molecule has 1 aromatic carbocycles. The molecule has 1 amide bonds. The van der Waals surface area contributed by atoms with Crippen molar-refractivity contribution < 1.29 is 14.3 Å². The fraction of sp³-hybridized carbons (Fsp3) is 0.562. The van der Waals surface area contributed by atoms with Gasteiger partial charge in [-0.3, -0.25) is 4.79 Å². The number of hydrogen-bond donors (Lipinski definition) is 0. The third-order valence-electron chi connectivity index (χ3n) is 3.62. The molecule has 0 spiro atoms. The van der Waals surface area contributed by atoms with Crippen molar-refractivity contribution in [1.82, 2.24) is 4.90 Å². The molecule has 4 nitrogen and oxygen atoms in total. The van der Waals surface area contributed by atoms with Crippen LogP contribution >= 0.6 is 15.9 Å². The van der Waals surface area contributed by atoms with Crippen LogP contribution in [0.25, 0.3) is 0 Å². The third kappa shape index (κ3) is 4.80. The van der Waals surface area contributed by atoms with E-state index in [1.54, 1.807) is 0 Å². The zero-order valence-corrected chi connectivity index (χ0v) is 14.0. The standard InChI is InChI=1S/C16H22BrNO3/c1-2-20-11-12-21-13-7-9-18(10-8-13)16(19)14-5-3-4-6-15(14)17/h3-6,13H,2,7-12H2,1H3. The van der Waals surface area contributed by atoms with Crippen molar-refractivity contribution in [3.05, 3.63) is 34.3 Å². The van der Waals surface area contributed by atoms with E-state index in [0.29, 0.717) is 13.2 Å². The Labute approximate surface area is 134 Å². The van der Waals surface area contributed by atoms with Crippen molar-refractivity contribution in [2.24, 2.45) is 0 Å². The van der Waals surface area contributed by atoms with E-state index in [1.807, 2.05) is 36.1 Å². The number of amides is 1. The molecule has 2 rings (SSSR count). The van der Waals surface area contributed by atoms with Crippen LogP contribution in [0.4, 0.5) is 0 Å². The van der Waals surface area contributed by atoms with E-state index < -0.39 is 0 Å². The van der Waals surface area contributed by atoms with Gasteiger partial charge in [0, 0.05) is 24.2 Å². The molecule has 0 atom stereocenters. The number of carbonyl (C=O) groups excluding carboxylic acids is 1. The molecule has 0 unspecified atom stereocenters. The van der Waals surface area contributed by atoms with Crippen molar-refractivity contribution >= 4 is 21.8 Å². The lowest BCUT2D eigenvalue weighted by Crippen LogP contribution is -2.41. The number of nitrogens with zero attached hydrogens (tertiary/aromatic N) is 1. The highest BCUT2D eigenvalue weighted by Crippen LogP contribution is 2.21. The largest absolute Gasteiger partial charge is 0.379 e. The Morgan fingerprint density at radius 2 is 2.00 bits per heavy atom. The molecular formula is C16H22BrNO3. The molecule has 0 radical (unpaired) electrons. The number of carbonyl (C=O) groups is 1. The van der Waals surface area contributed by atoms with Gasteiger partial charge in [-0.25, -0.2) is 0 Å². The Bertz CT molecular complexity index is 459. The van der Waals surface area contributed by atoms with Gasteiger partial charge in [-0.05, 0) is 47.8 Å². The van der Waals surface area contributed by atoms with E-state index in [0.717, 1.165) is 42.6 Å². The smallest absolute Gasteiger partial charge is 0.255 e. The summed E-state index contributed by atoms with van der Waals surface area (Å²) in [6.45, 7) is 5.48. The van der Waals surface area contributed by atoms with Gasteiger partial charge in [0.2, 0.25) is 0 Å². The molecule has 1 aliphatic rings. The molecule has 1 aromatic rings. The molecule has 0 bridgehead atoms. The minimum atomic E-state index is 0.0928. The van der Waals surface area contributed by atoms with Crippen LogP contribution in [0.1, 0.15) is 30.1 Å². The first-order chi connectivity index (χ1) is 10.2. The van der Waals surface area contributed by atoms with Crippen LogP contribution in [-0.2, 0) is 9.47 Å². The van der Waals surface area contributed by atoms with E-state index in [4.69, 9.17) is 9.47 Å². The molecule has 116 valence electrons. The zero-order chi connectivity index (χ0) is 15.1. The lowest BCUT2D eigenvalue weighted by molar-refractivity contribution is -0.0182. The van der Waals surface area contributed by atoms with E-state index in [9.17, 15) is 4.79 Å². The minimum absolute atomic E-state index is 0.0928. The molecule has 0 aromatic heterocycles. The summed E-state index contributed by atoms with van der Waals surface area (Å²) < 4.78 is 11.9. The molecule has 5 heteroatoms. The van der Waals surface area contributed by atoms with Crippen molar-refractivity contribution in [3.8, 4) is 0 Å². The number of rotatable bonds is 6. The van der Waals surface area contributed by atoms with Gasteiger partial charge in [-0.1, -0.05) is 12.1 Å². The van der Waals surface area contributed by atoms with Crippen LogP contribution < -0.4 is 0 Å². The monoisotopic (exact) mass is 355 g/mol. The summed E-state index contributed by atoms with van der Waals surface area (Å²) in [5, 5.41) is 0. The first kappa shape index (κ1) is 16.5. The van der Waals surface area contributed by atoms with E-state index >= 15 is 0 Å². The first-order valence-electron chi connectivity index (χ1n) is 7.45. The number of likely N-dealkylation sites (tertiary alicyclic amines) is 1. The van der Waals surface area contributed by atoms with Gasteiger partial charge in [0.05, 0.1) is 24.9 Å². The van der Waals surface area contributed by atoms with Gasteiger partial charge in [0.15, 0.2) is 0 Å². The van der Waals surface area contributed by atoms with Crippen molar-refractivity contribution in [2.45, 2.75) is 25.9 Å². The third-order valence-corrected chi connectivity index (χ3v) is 4.31. The van der Waals surface area contributed by atoms with Crippen LogP contribution in [0.3, 0.4) is 0 Å². The number of hydrogen-bond acceptors (Lipinski definition) is 3. The molecule has 1 aliphatic heterocycles. The predicted octanol–water partition coefficient (Wildman–Crippen LogP) is 3.11. The molecule has 0 N–H and O–H groups in total. The lowest BCUT2D eigenvalue weighted by atomic mass is 10.1. The van der Waals surface area contributed by atoms with Gasteiger partial charge in [0.1, 0.15) is 0 Å². The molecule has 1 heterocycles. The fourth-order valence-electron chi connectivity index (χ4n) is 2.45. The van der Waals surface area contributed by atoms with Gasteiger partial charge in [-0.2, -0.15) is 0 Å². The highest BCUT2D eigenvalue weighted by Gasteiger charge is 2.24. The second-order valence-corrected chi connectivity index (χ2v) is 5.89. The van der Waals surface area contributed by atoms with Gasteiger partial charge < -0.3 is 14.4 Å². The number of halogens is 1. The van der Waals surface area contributed by atoms with Crippen molar-refractivity contribution in [3.63, 3.8) is 0 Å². The topological polar surface area (TPSA) is 38.8 Å². The van der Waals surface area contributed by atoms with Crippen LogP contribution in [0.15, 0.2) is 28.7 Å². The summed E-state index contributed by atoms with van der Waals surface area (Å²) in [5.41, 5.74) is 0.730. The van der Waals surface area contributed by atoms with Crippen molar-refractivity contribution in [2.75, 3.05) is 32.9 Å². The maximum absolute atomic E-state index is 12.5. The maximum atomic E-state index is 12.5. The molecular weight excluding hydrogens is 334 g/mol. The SMILES string of the molecule is CCOCCOC1CCN(C(=O)c2ccccc2Br)CC1. The van der Waals surface area contributed by atoms with Crippen molar-refractivity contribution in [1.29, 1.82) is 0 Å². The average Bonchev–Trinajstić information content (AvgIpc) is 2.52. The summed E-state index contributed by atoms with van der Waals surface area (Å²) in [6, 6.07) is 7.56. The molecule has 0 saturated carbocycles. The van der Waals surface area contributed by atoms with Crippen LogP contribution in [-0.4, -0.2) is 49.8 Å². The predicted molar refractivity (Wildman–Crippen MR) is 85.5 cm³/mol. The Morgan fingerprint density at radius 1 is 1.29 bits per heavy atom.